The predicted octanol–water partition coefficient (Wildman–Crippen LogP) is 2.73. The van der Waals surface area contributed by atoms with Crippen LogP contribution in [0.2, 0.25) is 0 Å². The Labute approximate surface area is 120 Å². The Kier molecular flexibility index (Phi) is 4.88. The van der Waals surface area contributed by atoms with Crippen LogP contribution in [0.5, 0.6) is 5.75 Å². The molecule has 1 fully saturated rings. The van der Waals surface area contributed by atoms with E-state index >= 15 is 0 Å². The third-order valence-corrected chi connectivity index (χ3v) is 4.00. The highest BCUT2D eigenvalue weighted by Gasteiger charge is 2.28. The fourth-order valence-corrected chi connectivity index (χ4v) is 2.63. The van der Waals surface area contributed by atoms with E-state index in [1.165, 1.54) is 25.7 Å². The molecule has 110 valence electrons. The summed E-state index contributed by atoms with van der Waals surface area (Å²) in [5, 5.41) is 3.02. The van der Waals surface area contributed by atoms with Gasteiger partial charge >= 0.3 is 0 Å². The zero-order chi connectivity index (χ0) is 14.4. The lowest BCUT2D eigenvalue weighted by atomic mass is 9.89. The van der Waals surface area contributed by atoms with Crippen molar-refractivity contribution < 1.29 is 9.53 Å². The molecule has 1 amide bonds. The normalized spacial score (nSPS) is 16.9. The number of rotatable bonds is 6. The fourth-order valence-electron chi connectivity index (χ4n) is 2.63. The molecule has 0 heterocycles. The number of hydrogen-bond donors (Lipinski definition) is 2. The molecule has 1 aromatic rings. The smallest absolute Gasteiger partial charge is 0.223 e. The van der Waals surface area contributed by atoms with Gasteiger partial charge in [0.05, 0.1) is 13.0 Å². The van der Waals surface area contributed by atoms with Crippen LogP contribution in [0.15, 0.2) is 24.3 Å². The van der Waals surface area contributed by atoms with Crippen LogP contribution >= 0.6 is 0 Å². The molecule has 4 nitrogen and oxygen atoms in total. The summed E-state index contributed by atoms with van der Waals surface area (Å²) < 4.78 is 5.51. The average Bonchev–Trinajstić information content (AvgIpc) is 2.86. The van der Waals surface area contributed by atoms with Gasteiger partial charge in [-0.05, 0) is 42.5 Å². The van der Waals surface area contributed by atoms with Gasteiger partial charge in [0.25, 0.3) is 0 Å². The number of ether oxygens (including phenoxy) is 1. The SMILES string of the molecule is CC1(CNC(=O)CCOc2ccc(N)cc2)CCCC1. The van der Waals surface area contributed by atoms with E-state index in [0.29, 0.717) is 24.1 Å². The second-order valence-electron chi connectivity index (χ2n) is 5.96. The molecule has 0 unspecified atom stereocenters. The highest BCUT2D eigenvalue weighted by Crippen LogP contribution is 2.36. The first-order chi connectivity index (χ1) is 9.57. The van der Waals surface area contributed by atoms with E-state index in [-0.39, 0.29) is 5.91 Å². The monoisotopic (exact) mass is 276 g/mol. The molecule has 0 spiro atoms. The van der Waals surface area contributed by atoms with Gasteiger partial charge in [0.15, 0.2) is 0 Å². The van der Waals surface area contributed by atoms with Gasteiger partial charge in [-0.25, -0.2) is 0 Å². The lowest BCUT2D eigenvalue weighted by Crippen LogP contribution is -2.34. The van der Waals surface area contributed by atoms with Crippen molar-refractivity contribution in [1.29, 1.82) is 0 Å². The molecule has 4 heteroatoms. The molecule has 1 aliphatic carbocycles. The number of amides is 1. The van der Waals surface area contributed by atoms with Gasteiger partial charge in [0, 0.05) is 12.2 Å². The molecular weight excluding hydrogens is 252 g/mol. The number of anilines is 1. The van der Waals surface area contributed by atoms with Crippen molar-refractivity contribution in [2.75, 3.05) is 18.9 Å². The zero-order valence-corrected chi connectivity index (χ0v) is 12.2. The third kappa shape index (κ3) is 4.44. The number of nitrogen functional groups attached to an aromatic ring is 1. The molecule has 0 aromatic heterocycles. The summed E-state index contributed by atoms with van der Waals surface area (Å²) in [5.41, 5.74) is 6.60. The molecule has 0 bridgehead atoms. The summed E-state index contributed by atoms with van der Waals surface area (Å²) in [4.78, 5) is 11.8. The maximum Gasteiger partial charge on any atom is 0.223 e. The van der Waals surface area contributed by atoms with Gasteiger partial charge in [-0.2, -0.15) is 0 Å². The third-order valence-electron chi connectivity index (χ3n) is 4.00. The first-order valence-corrected chi connectivity index (χ1v) is 7.32. The Morgan fingerprint density at radius 3 is 2.60 bits per heavy atom. The van der Waals surface area contributed by atoms with Gasteiger partial charge in [0.1, 0.15) is 5.75 Å². The number of carbonyl (C=O) groups is 1. The summed E-state index contributed by atoms with van der Waals surface area (Å²) in [5.74, 6) is 0.809. The summed E-state index contributed by atoms with van der Waals surface area (Å²) >= 11 is 0. The van der Waals surface area contributed by atoms with E-state index in [1.54, 1.807) is 12.1 Å². The summed E-state index contributed by atoms with van der Waals surface area (Å²) in [7, 11) is 0. The van der Waals surface area contributed by atoms with Gasteiger partial charge < -0.3 is 15.8 Å². The molecule has 2 rings (SSSR count). The number of nitrogens with two attached hydrogens (primary N) is 1. The number of nitrogens with one attached hydrogen (secondary N) is 1. The molecule has 0 radical (unpaired) electrons. The zero-order valence-electron chi connectivity index (χ0n) is 12.2. The molecule has 1 saturated carbocycles. The highest BCUT2D eigenvalue weighted by atomic mass is 16.5. The van der Waals surface area contributed by atoms with Gasteiger partial charge in [-0.1, -0.05) is 19.8 Å². The quantitative estimate of drug-likeness (QED) is 0.785. The molecule has 0 aliphatic heterocycles. The van der Waals surface area contributed by atoms with Gasteiger partial charge in [-0.3, -0.25) is 4.79 Å². The molecule has 3 N–H and O–H groups in total. The second-order valence-corrected chi connectivity index (χ2v) is 5.96. The lowest BCUT2D eigenvalue weighted by Gasteiger charge is -2.23. The van der Waals surface area contributed by atoms with Crippen molar-refractivity contribution in [1.82, 2.24) is 5.32 Å². The molecule has 1 aliphatic rings. The minimum absolute atomic E-state index is 0.0635. The van der Waals surface area contributed by atoms with Crippen LogP contribution < -0.4 is 15.8 Å². The van der Waals surface area contributed by atoms with E-state index < -0.39 is 0 Å². The molecule has 1 aromatic carbocycles. The topological polar surface area (TPSA) is 64.3 Å². The van der Waals surface area contributed by atoms with Crippen LogP contribution in [0.25, 0.3) is 0 Å². The second kappa shape index (κ2) is 6.64. The first kappa shape index (κ1) is 14.7. The van der Waals surface area contributed by atoms with Crippen LogP contribution in [0.1, 0.15) is 39.0 Å². The van der Waals surface area contributed by atoms with Crippen molar-refractivity contribution in [3.05, 3.63) is 24.3 Å². The number of carbonyl (C=O) groups excluding carboxylic acids is 1. The Morgan fingerprint density at radius 1 is 1.30 bits per heavy atom. The Balaban J connectivity index is 1.64. The van der Waals surface area contributed by atoms with E-state index in [0.717, 1.165) is 12.3 Å². The predicted molar refractivity (Wildman–Crippen MR) is 80.6 cm³/mol. The minimum atomic E-state index is 0.0635. The summed E-state index contributed by atoms with van der Waals surface area (Å²) in [6.45, 7) is 3.44. The van der Waals surface area contributed by atoms with Crippen LogP contribution in [-0.2, 0) is 4.79 Å². The van der Waals surface area contributed by atoms with Crippen LogP contribution in [-0.4, -0.2) is 19.1 Å². The largest absolute Gasteiger partial charge is 0.493 e. The van der Waals surface area contributed by atoms with E-state index in [1.807, 2.05) is 12.1 Å². The lowest BCUT2D eigenvalue weighted by molar-refractivity contribution is -0.122. The van der Waals surface area contributed by atoms with E-state index in [9.17, 15) is 4.79 Å². The van der Waals surface area contributed by atoms with Crippen molar-refractivity contribution in [3.8, 4) is 5.75 Å². The average molecular weight is 276 g/mol. The van der Waals surface area contributed by atoms with Gasteiger partial charge in [0.2, 0.25) is 5.91 Å². The molecule has 20 heavy (non-hydrogen) atoms. The van der Waals surface area contributed by atoms with Crippen molar-refractivity contribution in [3.63, 3.8) is 0 Å². The molecular formula is C16H24N2O2. The molecule has 0 saturated heterocycles. The number of benzene rings is 1. The Hall–Kier alpha value is -1.71. The number of hydrogen-bond acceptors (Lipinski definition) is 3. The van der Waals surface area contributed by atoms with Crippen molar-refractivity contribution in [2.45, 2.75) is 39.0 Å². The van der Waals surface area contributed by atoms with Crippen LogP contribution in [0.3, 0.4) is 0 Å². The summed E-state index contributed by atoms with van der Waals surface area (Å²) in [6.07, 6.45) is 5.39. The first-order valence-electron chi connectivity index (χ1n) is 7.32. The van der Waals surface area contributed by atoms with E-state index in [2.05, 4.69) is 12.2 Å². The van der Waals surface area contributed by atoms with E-state index in [4.69, 9.17) is 10.5 Å². The fraction of sp³-hybridized carbons (Fsp3) is 0.562. The van der Waals surface area contributed by atoms with Crippen molar-refractivity contribution in [2.24, 2.45) is 5.41 Å². The van der Waals surface area contributed by atoms with Crippen LogP contribution in [0, 0.1) is 5.41 Å². The minimum Gasteiger partial charge on any atom is -0.493 e. The maximum absolute atomic E-state index is 11.8. The summed E-state index contributed by atoms with van der Waals surface area (Å²) in [6, 6.07) is 7.20. The maximum atomic E-state index is 11.8. The van der Waals surface area contributed by atoms with Crippen molar-refractivity contribution >= 4 is 11.6 Å². The Bertz CT molecular complexity index is 436. The van der Waals surface area contributed by atoms with Crippen LogP contribution in [0.4, 0.5) is 5.69 Å². The standard InChI is InChI=1S/C16H24N2O2/c1-16(9-2-3-10-16)12-18-15(19)8-11-20-14-6-4-13(17)5-7-14/h4-7H,2-3,8-12,17H2,1H3,(H,18,19). The molecule has 0 atom stereocenters. The Morgan fingerprint density at radius 2 is 1.95 bits per heavy atom. The highest BCUT2D eigenvalue weighted by molar-refractivity contribution is 5.76. The van der Waals surface area contributed by atoms with Gasteiger partial charge in [-0.15, -0.1) is 0 Å².